The van der Waals surface area contributed by atoms with E-state index in [9.17, 15) is 9.59 Å². The van der Waals surface area contributed by atoms with Crippen LogP contribution in [-0.4, -0.2) is 72.1 Å². The topological polar surface area (TPSA) is 80.0 Å². The van der Waals surface area contributed by atoms with Crippen LogP contribution in [0.1, 0.15) is 52.1 Å². The predicted octanol–water partition coefficient (Wildman–Crippen LogP) is 4.29. The number of nitrogens with one attached hydrogen (secondary N) is 1. The Hall–Kier alpha value is -3.07. The minimum Gasteiger partial charge on any atom is -0.454 e. The second-order valence-corrected chi connectivity index (χ2v) is 9.57. The van der Waals surface area contributed by atoms with E-state index in [-0.39, 0.29) is 11.8 Å². The number of hydrogen-bond acceptors (Lipinski definition) is 5. The molecule has 0 unspecified atom stereocenters. The van der Waals surface area contributed by atoms with Gasteiger partial charge in [0.2, 0.25) is 0 Å². The lowest BCUT2D eigenvalue weighted by atomic mass is 10.2. The van der Waals surface area contributed by atoms with Crippen molar-refractivity contribution >= 4 is 23.4 Å². The summed E-state index contributed by atoms with van der Waals surface area (Å²) in [5.74, 6) is 0.679. The van der Waals surface area contributed by atoms with Crippen molar-refractivity contribution in [3.63, 3.8) is 0 Å². The van der Waals surface area contributed by atoms with Gasteiger partial charge in [0.1, 0.15) is 5.76 Å². The van der Waals surface area contributed by atoms with E-state index in [0.29, 0.717) is 48.3 Å². The summed E-state index contributed by atoms with van der Waals surface area (Å²) in [6, 6.07) is 14.6. The molecule has 0 bridgehead atoms. The number of nitrogens with zero attached hydrogens (tertiary/aromatic N) is 3. The maximum atomic E-state index is 13.2. The molecule has 1 aromatic carbocycles. The van der Waals surface area contributed by atoms with E-state index >= 15 is 0 Å². The van der Waals surface area contributed by atoms with E-state index in [0.717, 1.165) is 51.4 Å². The van der Waals surface area contributed by atoms with E-state index in [4.69, 9.17) is 20.8 Å². The Morgan fingerprint density at radius 2 is 1.89 bits per heavy atom. The van der Waals surface area contributed by atoms with Crippen molar-refractivity contribution < 1.29 is 18.7 Å². The van der Waals surface area contributed by atoms with Crippen LogP contribution >= 0.6 is 11.6 Å². The van der Waals surface area contributed by atoms with Crippen LogP contribution in [-0.2, 0) is 17.8 Å². The monoisotopic (exact) mass is 526 g/mol. The zero-order valence-corrected chi connectivity index (χ0v) is 22.1. The fourth-order valence-electron chi connectivity index (χ4n) is 4.44. The van der Waals surface area contributed by atoms with Gasteiger partial charge >= 0.3 is 0 Å². The normalized spacial score (nSPS) is 14.0. The number of ether oxygens (including phenoxy) is 1. The molecule has 0 radical (unpaired) electrons. The first-order valence-corrected chi connectivity index (χ1v) is 13.3. The third kappa shape index (κ3) is 7.47. The van der Waals surface area contributed by atoms with Crippen molar-refractivity contribution in [2.45, 2.75) is 32.9 Å². The minimum atomic E-state index is -0.208. The van der Waals surface area contributed by atoms with Gasteiger partial charge in [0.05, 0.1) is 36.9 Å². The number of morpholine rings is 1. The zero-order valence-electron chi connectivity index (χ0n) is 21.3. The molecule has 0 saturated carbocycles. The molecule has 1 fully saturated rings. The summed E-state index contributed by atoms with van der Waals surface area (Å²) in [5.41, 5.74) is 1.47. The van der Waals surface area contributed by atoms with Gasteiger partial charge in [0.25, 0.3) is 11.8 Å². The number of benzene rings is 1. The molecule has 8 nitrogen and oxygen atoms in total. The molecule has 1 saturated heterocycles. The van der Waals surface area contributed by atoms with E-state index in [1.807, 2.05) is 52.9 Å². The molecule has 198 valence electrons. The van der Waals surface area contributed by atoms with Gasteiger partial charge in [-0.15, -0.1) is 0 Å². The molecule has 9 heteroatoms. The Morgan fingerprint density at radius 1 is 1.08 bits per heavy atom. The average Bonchev–Trinajstić information content (AvgIpc) is 3.57. The van der Waals surface area contributed by atoms with Crippen LogP contribution in [0.2, 0.25) is 5.02 Å². The highest BCUT2D eigenvalue weighted by molar-refractivity contribution is 6.33. The van der Waals surface area contributed by atoms with Gasteiger partial charge < -0.3 is 23.9 Å². The Morgan fingerprint density at radius 3 is 2.68 bits per heavy atom. The van der Waals surface area contributed by atoms with E-state index in [1.54, 1.807) is 18.2 Å². The number of rotatable bonds is 12. The summed E-state index contributed by atoms with van der Waals surface area (Å²) in [5, 5.41) is 3.39. The summed E-state index contributed by atoms with van der Waals surface area (Å²) in [6.07, 6.45) is 3.67. The molecule has 1 N–H and O–H groups in total. The summed E-state index contributed by atoms with van der Waals surface area (Å²) in [4.78, 5) is 29.9. The molecule has 3 aromatic rings. The van der Waals surface area contributed by atoms with Gasteiger partial charge in [0.15, 0.2) is 5.76 Å². The highest BCUT2D eigenvalue weighted by atomic mass is 35.5. The van der Waals surface area contributed by atoms with Gasteiger partial charge in [-0.2, -0.15) is 0 Å². The molecule has 1 aliphatic rings. The lowest BCUT2D eigenvalue weighted by Crippen LogP contribution is -2.38. The fraction of sp³-hybridized carbons (Fsp3) is 0.429. The Bertz CT molecular complexity index is 1170. The summed E-state index contributed by atoms with van der Waals surface area (Å²) in [7, 11) is 0. The quantitative estimate of drug-likeness (QED) is 0.356. The van der Waals surface area contributed by atoms with Crippen LogP contribution in [0.4, 0.5) is 0 Å². The maximum absolute atomic E-state index is 13.2. The molecule has 1 aliphatic heterocycles. The van der Waals surface area contributed by atoms with Crippen LogP contribution in [0.5, 0.6) is 0 Å². The van der Waals surface area contributed by atoms with Crippen molar-refractivity contribution in [1.82, 2.24) is 19.7 Å². The molecule has 3 heterocycles. The van der Waals surface area contributed by atoms with Gasteiger partial charge in [-0.05, 0) is 55.8 Å². The number of amides is 2. The minimum absolute atomic E-state index is 0.0919. The standard InChI is InChI=1S/C28H35ClN4O4/c1-2-13-33(28(35)24-8-3-4-9-25(24)29)20-22-7-5-15-32(22)21-23-10-11-26(37-23)27(34)30-12-6-14-31-16-18-36-19-17-31/h3-5,7-11,15H,2,6,12-14,16-21H2,1H3,(H,30,34). The summed E-state index contributed by atoms with van der Waals surface area (Å²) < 4.78 is 13.2. The number of hydrogen-bond donors (Lipinski definition) is 1. The van der Waals surface area contributed by atoms with E-state index in [1.165, 1.54) is 0 Å². The van der Waals surface area contributed by atoms with Gasteiger partial charge in [-0.25, -0.2) is 0 Å². The van der Waals surface area contributed by atoms with Crippen molar-refractivity contribution in [2.24, 2.45) is 0 Å². The van der Waals surface area contributed by atoms with Crippen molar-refractivity contribution in [1.29, 1.82) is 0 Å². The van der Waals surface area contributed by atoms with E-state index in [2.05, 4.69) is 10.2 Å². The smallest absolute Gasteiger partial charge is 0.286 e. The summed E-state index contributed by atoms with van der Waals surface area (Å²) in [6.45, 7) is 8.56. The summed E-state index contributed by atoms with van der Waals surface area (Å²) >= 11 is 6.28. The first-order chi connectivity index (χ1) is 18.0. The zero-order chi connectivity index (χ0) is 26.0. The van der Waals surface area contributed by atoms with Crippen LogP contribution in [0.15, 0.2) is 59.1 Å². The first kappa shape index (κ1) is 27.0. The molecule has 0 aliphatic carbocycles. The molecule has 2 aromatic heterocycles. The predicted molar refractivity (Wildman–Crippen MR) is 143 cm³/mol. The number of carbonyl (C=O) groups excluding carboxylic acids is 2. The Balaban J connectivity index is 1.32. The number of aromatic nitrogens is 1. The lowest BCUT2D eigenvalue weighted by Gasteiger charge is -2.26. The molecular formula is C28H35ClN4O4. The number of halogens is 1. The van der Waals surface area contributed by atoms with Crippen molar-refractivity contribution in [3.8, 4) is 0 Å². The van der Waals surface area contributed by atoms with Crippen LogP contribution in [0, 0.1) is 0 Å². The number of carbonyl (C=O) groups is 2. The first-order valence-electron chi connectivity index (χ1n) is 12.9. The van der Waals surface area contributed by atoms with Crippen LogP contribution in [0.3, 0.4) is 0 Å². The molecule has 37 heavy (non-hydrogen) atoms. The molecule has 0 spiro atoms. The fourth-order valence-corrected chi connectivity index (χ4v) is 4.66. The largest absolute Gasteiger partial charge is 0.454 e. The Labute approximate surface area is 223 Å². The molecular weight excluding hydrogens is 492 g/mol. The van der Waals surface area contributed by atoms with Gasteiger partial charge in [-0.1, -0.05) is 30.7 Å². The van der Waals surface area contributed by atoms with Gasteiger partial charge in [0, 0.05) is 38.1 Å². The van der Waals surface area contributed by atoms with Crippen LogP contribution in [0.25, 0.3) is 0 Å². The van der Waals surface area contributed by atoms with Crippen LogP contribution < -0.4 is 5.32 Å². The third-order valence-electron chi connectivity index (χ3n) is 6.41. The second kappa shape index (κ2) is 13.5. The molecule has 4 rings (SSSR count). The van der Waals surface area contributed by atoms with Crippen molar-refractivity contribution in [2.75, 3.05) is 45.9 Å². The maximum Gasteiger partial charge on any atom is 0.286 e. The highest BCUT2D eigenvalue weighted by Gasteiger charge is 2.20. The SMILES string of the molecule is CCCN(Cc1cccn1Cc1ccc(C(=O)NCCCN2CCOCC2)o1)C(=O)c1ccccc1Cl. The molecule has 2 amide bonds. The Kier molecular flexibility index (Phi) is 9.82. The molecule has 0 atom stereocenters. The van der Waals surface area contributed by atoms with Gasteiger partial charge in [-0.3, -0.25) is 14.5 Å². The highest BCUT2D eigenvalue weighted by Crippen LogP contribution is 2.20. The lowest BCUT2D eigenvalue weighted by molar-refractivity contribution is 0.0374. The van der Waals surface area contributed by atoms with Crippen molar-refractivity contribution in [3.05, 3.63) is 82.5 Å². The average molecular weight is 527 g/mol. The third-order valence-corrected chi connectivity index (χ3v) is 6.74. The second-order valence-electron chi connectivity index (χ2n) is 9.16. The number of furan rings is 1. The van der Waals surface area contributed by atoms with E-state index < -0.39 is 0 Å².